The van der Waals surface area contributed by atoms with E-state index < -0.39 is 11.6 Å². The van der Waals surface area contributed by atoms with E-state index in [1.165, 1.54) is 64.2 Å². The monoisotopic (exact) mass is 597 g/mol. The number of benzene rings is 3. The van der Waals surface area contributed by atoms with Crippen LogP contribution in [0.4, 0.5) is 0 Å². The van der Waals surface area contributed by atoms with Crippen molar-refractivity contribution in [3.05, 3.63) is 108 Å². The van der Waals surface area contributed by atoms with Crippen LogP contribution in [0.3, 0.4) is 0 Å². The van der Waals surface area contributed by atoms with Crippen molar-refractivity contribution in [1.82, 2.24) is 0 Å². The molecule has 0 aliphatic carbocycles. The molecule has 5 nitrogen and oxygen atoms in total. The van der Waals surface area contributed by atoms with Crippen LogP contribution < -0.4 is 0 Å². The molecule has 0 spiro atoms. The number of carbonyl (C=O) groups excluding carboxylic acids is 2. The van der Waals surface area contributed by atoms with Crippen LogP contribution in [-0.2, 0) is 24.8 Å². The van der Waals surface area contributed by atoms with E-state index in [1.807, 2.05) is 91.0 Å². The number of unbranched alkanes of at least 4 members (excludes halogenated alkanes) is 12. The maximum atomic E-state index is 13.4. The first kappa shape index (κ1) is 34.8. The second-order valence-corrected chi connectivity index (χ2v) is 11.4. The van der Waals surface area contributed by atoms with Crippen LogP contribution in [-0.4, -0.2) is 24.1 Å². The molecule has 44 heavy (non-hydrogen) atoms. The van der Waals surface area contributed by atoms with Crippen molar-refractivity contribution in [1.29, 1.82) is 0 Å². The summed E-state index contributed by atoms with van der Waals surface area (Å²) in [5.41, 5.74) is 1.00. The maximum absolute atomic E-state index is 13.4. The molecule has 0 heterocycles. The van der Waals surface area contributed by atoms with Gasteiger partial charge in [0.05, 0.1) is 6.61 Å². The molecule has 236 valence electrons. The fourth-order valence-electron chi connectivity index (χ4n) is 5.61. The van der Waals surface area contributed by atoms with Gasteiger partial charge < -0.3 is 9.57 Å². The zero-order valence-corrected chi connectivity index (χ0v) is 26.8. The minimum absolute atomic E-state index is 0.144. The van der Waals surface area contributed by atoms with Gasteiger partial charge in [0.1, 0.15) is 0 Å². The quantitative estimate of drug-likeness (QED) is 0.0289. The average Bonchev–Trinajstić information content (AvgIpc) is 3.06. The van der Waals surface area contributed by atoms with Crippen LogP contribution in [0.25, 0.3) is 0 Å². The summed E-state index contributed by atoms with van der Waals surface area (Å²) < 4.78 is 5.26. The Kier molecular flexibility index (Phi) is 16.0. The molecule has 3 aromatic carbocycles. The lowest BCUT2D eigenvalue weighted by Gasteiger charge is -2.33. The highest BCUT2D eigenvalue weighted by Gasteiger charge is 2.40. The zero-order chi connectivity index (χ0) is 31.3. The van der Waals surface area contributed by atoms with E-state index in [-0.39, 0.29) is 24.5 Å². The molecule has 0 saturated heterocycles. The molecule has 0 aromatic heterocycles. The average molecular weight is 598 g/mol. The Bertz CT molecular complexity index is 1140. The summed E-state index contributed by atoms with van der Waals surface area (Å²) in [5, 5.41) is 4.32. The van der Waals surface area contributed by atoms with Gasteiger partial charge >= 0.3 is 5.97 Å². The third-order valence-electron chi connectivity index (χ3n) is 8.06. The van der Waals surface area contributed by atoms with E-state index in [2.05, 4.69) is 12.1 Å². The van der Waals surface area contributed by atoms with Gasteiger partial charge in [-0.15, -0.1) is 0 Å². The largest absolute Gasteiger partial charge is 0.461 e. The first-order chi connectivity index (χ1) is 21.6. The molecule has 0 atom stereocenters. The van der Waals surface area contributed by atoms with E-state index >= 15 is 0 Å². The summed E-state index contributed by atoms with van der Waals surface area (Å²) in [5.74, 6) is -1.11. The third-order valence-corrected chi connectivity index (χ3v) is 8.06. The molecule has 0 saturated carbocycles. The maximum Gasteiger partial charge on any atom is 0.364 e. The lowest BCUT2D eigenvalue weighted by Crippen LogP contribution is -2.34. The fourth-order valence-corrected chi connectivity index (χ4v) is 5.61. The van der Waals surface area contributed by atoms with Crippen LogP contribution in [0.1, 0.15) is 120 Å². The smallest absolute Gasteiger partial charge is 0.364 e. The summed E-state index contributed by atoms with van der Waals surface area (Å²) >= 11 is 0. The molecule has 0 fully saturated rings. The number of Topliss-reactive ketones (excluding diaryl/α,β-unsaturated/α-hetero) is 1. The summed E-state index contributed by atoms with van der Waals surface area (Å²) in [6, 6.07) is 29.3. The molecule has 0 unspecified atom stereocenters. The molecule has 3 aromatic rings. The van der Waals surface area contributed by atoms with Crippen LogP contribution in [0.5, 0.6) is 0 Å². The number of esters is 1. The van der Waals surface area contributed by atoms with Crippen molar-refractivity contribution in [3.8, 4) is 0 Å². The normalized spacial score (nSPS) is 11.7. The Balaban J connectivity index is 1.67. The van der Waals surface area contributed by atoms with E-state index in [9.17, 15) is 9.59 Å². The molecule has 0 amide bonds. The van der Waals surface area contributed by atoms with Crippen LogP contribution in [0.15, 0.2) is 96.2 Å². The molecule has 0 aliphatic rings. The number of hydrogen-bond donors (Lipinski definition) is 0. The van der Waals surface area contributed by atoms with E-state index in [1.54, 1.807) is 6.92 Å². The molecule has 5 heteroatoms. The number of ketones is 1. The Labute approximate surface area is 265 Å². The van der Waals surface area contributed by atoms with Gasteiger partial charge in [0.2, 0.25) is 11.3 Å². The highest BCUT2D eigenvalue weighted by molar-refractivity contribution is 6.64. The molecular formula is C39H51NO4. The van der Waals surface area contributed by atoms with E-state index in [4.69, 9.17) is 9.57 Å². The van der Waals surface area contributed by atoms with Gasteiger partial charge in [-0.1, -0.05) is 180 Å². The lowest BCUT2D eigenvalue weighted by molar-refractivity contribution is -0.136. The Hall–Kier alpha value is -3.73. The van der Waals surface area contributed by atoms with Crippen molar-refractivity contribution in [3.63, 3.8) is 0 Å². The van der Waals surface area contributed by atoms with Crippen LogP contribution in [0.2, 0.25) is 0 Å². The fraction of sp³-hybridized carbons (Fsp3) is 0.462. The first-order valence-electron chi connectivity index (χ1n) is 16.8. The Morgan fingerprint density at radius 1 is 0.568 bits per heavy atom. The van der Waals surface area contributed by atoms with Gasteiger partial charge in [-0.3, -0.25) is 4.79 Å². The number of hydrogen-bond acceptors (Lipinski definition) is 5. The predicted molar refractivity (Wildman–Crippen MR) is 180 cm³/mol. The Morgan fingerprint density at radius 2 is 0.955 bits per heavy atom. The van der Waals surface area contributed by atoms with Crippen molar-refractivity contribution < 1.29 is 19.2 Å². The van der Waals surface area contributed by atoms with Crippen molar-refractivity contribution in [2.24, 2.45) is 5.16 Å². The summed E-state index contributed by atoms with van der Waals surface area (Å²) in [7, 11) is 0. The second-order valence-electron chi connectivity index (χ2n) is 11.4. The van der Waals surface area contributed by atoms with Gasteiger partial charge in [0.25, 0.3) is 0 Å². The predicted octanol–water partition coefficient (Wildman–Crippen LogP) is 9.96. The van der Waals surface area contributed by atoms with Crippen molar-refractivity contribution in [2.75, 3.05) is 6.61 Å². The minimum atomic E-state index is -1.18. The van der Waals surface area contributed by atoms with E-state index in [0.717, 1.165) is 29.5 Å². The summed E-state index contributed by atoms with van der Waals surface area (Å²) in [6.45, 7) is 4.12. The number of oxime groups is 1. The van der Waals surface area contributed by atoms with Gasteiger partial charge in [0, 0.05) is 23.1 Å². The molecule has 0 aliphatic heterocycles. The topological polar surface area (TPSA) is 65.0 Å². The van der Waals surface area contributed by atoms with Crippen molar-refractivity contribution >= 4 is 17.5 Å². The molecule has 0 bridgehead atoms. The van der Waals surface area contributed by atoms with Gasteiger partial charge in [-0.05, 0) is 13.3 Å². The second kappa shape index (κ2) is 20.3. The summed E-state index contributed by atoms with van der Waals surface area (Å²) in [6.07, 6.45) is 16.1. The molecule has 0 N–H and O–H groups in total. The standard InChI is InChI=1S/C39H51NO4/c1-3-5-6-7-8-9-10-11-12-13-14-15-25-32-36(41)37(38(42)43-4-2)40-44-39(33-26-19-16-20-27-33,34-28-21-17-22-29-34)35-30-23-18-24-31-35/h16-24,26-31H,3-15,25,32H2,1-2H3. The minimum Gasteiger partial charge on any atom is -0.461 e. The van der Waals surface area contributed by atoms with Crippen LogP contribution >= 0.6 is 0 Å². The van der Waals surface area contributed by atoms with E-state index in [0.29, 0.717) is 6.42 Å². The zero-order valence-electron chi connectivity index (χ0n) is 26.8. The molecular weight excluding hydrogens is 546 g/mol. The highest BCUT2D eigenvalue weighted by atomic mass is 16.7. The molecule has 0 radical (unpaired) electrons. The number of rotatable bonds is 22. The number of ether oxygens (including phenoxy) is 1. The first-order valence-corrected chi connectivity index (χ1v) is 16.8. The highest BCUT2D eigenvalue weighted by Crippen LogP contribution is 2.40. The van der Waals surface area contributed by atoms with Gasteiger partial charge in [-0.2, -0.15) is 0 Å². The Morgan fingerprint density at radius 3 is 1.34 bits per heavy atom. The number of nitrogens with zero attached hydrogens (tertiary/aromatic N) is 1. The van der Waals surface area contributed by atoms with Gasteiger partial charge in [-0.25, -0.2) is 4.79 Å². The molecule has 3 rings (SSSR count). The third kappa shape index (κ3) is 10.8. The lowest BCUT2D eigenvalue weighted by atomic mass is 9.80. The van der Waals surface area contributed by atoms with Crippen LogP contribution in [0, 0.1) is 0 Å². The number of carbonyl (C=O) groups is 2. The summed E-state index contributed by atoms with van der Waals surface area (Å²) in [4.78, 5) is 32.8. The van der Waals surface area contributed by atoms with Crippen molar-refractivity contribution in [2.45, 2.75) is 109 Å². The van der Waals surface area contributed by atoms with Gasteiger partial charge in [0.15, 0.2) is 5.78 Å². The SMILES string of the molecule is CCCCCCCCCCCCCCCC(=O)C(=NOC(c1ccccc1)(c1ccccc1)c1ccccc1)C(=O)OCC.